The van der Waals surface area contributed by atoms with Crippen LogP contribution in [0.15, 0.2) is 0 Å². The molecule has 0 amide bonds. The van der Waals surface area contributed by atoms with Gasteiger partial charge in [-0.3, -0.25) is 0 Å². The van der Waals surface area contributed by atoms with Gasteiger partial charge in [0.2, 0.25) is 0 Å². The lowest BCUT2D eigenvalue weighted by molar-refractivity contribution is -0.407. The van der Waals surface area contributed by atoms with E-state index in [9.17, 15) is 9.90 Å². The van der Waals surface area contributed by atoms with E-state index in [2.05, 4.69) is 10.1 Å². The van der Waals surface area contributed by atoms with Gasteiger partial charge in [0.15, 0.2) is 6.04 Å². The van der Waals surface area contributed by atoms with Crippen LogP contribution in [-0.2, 0) is 16.6 Å². The summed E-state index contributed by atoms with van der Waals surface area (Å²) in [5, 5.41) is 20.3. The van der Waals surface area contributed by atoms with Crippen molar-refractivity contribution in [3.63, 3.8) is 0 Å². The van der Waals surface area contributed by atoms with Crippen LogP contribution in [0.2, 0.25) is 0 Å². The Labute approximate surface area is 98.1 Å². The van der Waals surface area contributed by atoms with Gasteiger partial charge in [-0.25, -0.2) is 9.17 Å². The van der Waals surface area contributed by atoms with Gasteiger partial charge < -0.3 is 15.9 Å². The predicted octanol–water partition coefficient (Wildman–Crippen LogP) is -0.248. The maximum absolute atomic E-state index is 11.5. The van der Waals surface area contributed by atoms with Crippen LogP contribution in [0.5, 0.6) is 5.88 Å². The molecule has 16 heavy (non-hydrogen) atoms. The molecule has 0 aromatic carbocycles. The highest BCUT2D eigenvalue weighted by Gasteiger charge is 2.25. The number of carboxylic acids is 1. The van der Waals surface area contributed by atoms with Gasteiger partial charge in [0.25, 0.3) is 0 Å². The summed E-state index contributed by atoms with van der Waals surface area (Å²) in [6, 6.07) is -0.801. The van der Waals surface area contributed by atoms with Crippen molar-refractivity contribution in [3.8, 4) is 5.88 Å². The topological polar surface area (TPSA) is 101 Å². The van der Waals surface area contributed by atoms with Crippen LogP contribution >= 0.6 is 11.5 Å². The molecule has 1 atom stereocenters. The first-order chi connectivity index (χ1) is 7.23. The molecule has 4 N–H and O–H groups in total. The van der Waals surface area contributed by atoms with Crippen LogP contribution in [0.3, 0.4) is 0 Å². The molecule has 0 fully saturated rings. The minimum atomic E-state index is -0.995. The molecule has 0 unspecified atom stereocenters. The Balaban J connectivity index is 3.04. The summed E-state index contributed by atoms with van der Waals surface area (Å²) in [5.74, 6) is -1.31. The predicted molar refractivity (Wildman–Crippen MR) is 58.3 cm³/mol. The van der Waals surface area contributed by atoms with Crippen LogP contribution in [0, 0.1) is 0 Å². The second-order valence-electron chi connectivity index (χ2n) is 4.78. The van der Waals surface area contributed by atoms with Gasteiger partial charge in [0.05, 0.1) is 0 Å². The zero-order valence-electron chi connectivity index (χ0n) is 9.61. The van der Waals surface area contributed by atoms with E-state index in [0.29, 0.717) is 5.56 Å². The molecule has 0 spiro atoms. The van der Waals surface area contributed by atoms with Crippen molar-refractivity contribution in [2.24, 2.45) is 0 Å². The Morgan fingerprint density at radius 1 is 1.62 bits per heavy atom. The zero-order chi connectivity index (χ0) is 12.5. The lowest BCUT2D eigenvalue weighted by Gasteiger charge is -2.19. The van der Waals surface area contributed by atoms with Crippen LogP contribution in [0.4, 0.5) is 0 Å². The molecule has 6 heteroatoms. The maximum atomic E-state index is 11.5. The third-order valence-electron chi connectivity index (χ3n) is 2.23. The molecule has 5 nitrogen and oxygen atoms in total. The molecule has 0 aliphatic carbocycles. The van der Waals surface area contributed by atoms with Gasteiger partial charge in [-0.05, 0) is 22.5 Å². The van der Waals surface area contributed by atoms with Crippen molar-refractivity contribution in [1.82, 2.24) is 4.37 Å². The molecule has 0 aliphatic rings. The summed E-state index contributed by atoms with van der Waals surface area (Å²) in [6.45, 7) is 5.92. The highest BCUT2D eigenvalue weighted by Crippen LogP contribution is 2.33. The van der Waals surface area contributed by atoms with Gasteiger partial charge in [-0.15, -0.1) is 0 Å². The fourth-order valence-electron chi connectivity index (χ4n) is 1.40. The molecule has 90 valence electrons. The largest absolute Gasteiger partial charge is 0.858 e. The molecule has 0 saturated heterocycles. The van der Waals surface area contributed by atoms with Crippen molar-refractivity contribution in [2.45, 2.75) is 38.6 Å². The molecule has 0 saturated carbocycles. The minimum Gasteiger partial charge on any atom is -0.858 e. The van der Waals surface area contributed by atoms with Gasteiger partial charge >= 0.3 is 5.97 Å². The van der Waals surface area contributed by atoms with E-state index in [0.717, 1.165) is 16.4 Å². The highest BCUT2D eigenvalue weighted by atomic mass is 32.1. The number of quaternary nitrogens is 1. The molecule has 1 heterocycles. The minimum absolute atomic E-state index is 0.150. The average molecular weight is 244 g/mol. The molecule has 1 aromatic heterocycles. The second kappa shape index (κ2) is 4.39. The summed E-state index contributed by atoms with van der Waals surface area (Å²) < 4.78 is 3.76. The molecule has 0 radical (unpaired) electrons. The fraction of sp³-hybridized carbons (Fsp3) is 0.600. The molecular weight excluding hydrogens is 228 g/mol. The molecule has 1 aromatic rings. The van der Waals surface area contributed by atoms with Crippen LogP contribution in [0.25, 0.3) is 0 Å². The van der Waals surface area contributed by atoms with Crippen molar-refractivity contribution in [2.75, 3.05) is 0 Å². The Morgan fingerprint density at radius 2 is 2.19 bits per heavy atom. The number of nitrogens with zero attached hydrogens (tertiary/aromatic N) is 1. The summed E-state index contributed by atoms with van der Waals surface area (Å²) in [7, 11) is 0. The number of hydrogen-bond donors (Lipinski definition) is 2. The average Bonchev–Trinajstić information content (AvgIpc) is 2.47. The number of carboxylic acid groups (broad SMARTS) is 1. The number of hydrogen-bond acceptors (Lipinski definition) is 4. The van der Waals surface area contributed by atoms with E-state index < -0.39 is 12.0 Å². The highest BCUT2D eigenvalue weighted by molar-refractivity contribution is 7.06. The molecule has 0 aliphatic heterocycles. The van der Waals surface area contributed by atoms with Crippen molar-refractivity contribution in [3.05, 3.63) is 10.4 Å². The fourth-order valence-corrected chi connectivity index (χ4v) is 2.24. The Morgan fingerprint density at radius 3 is 2.62 bits per heavy atom. The summed E-state index contributed by atoms with van der Waals surface area (Å²) in [6.07, 6.45) is 0.150. The quantitative estimate of drug-likeness (QED) is 0.765. The van der Waals surface area contributed by atoms with Crippen molar-refractivity contribution < 1.29 is 20.7 Å². The third-order valence-corrected chi connectivity index (χ3v) is 3.53. The van der Waals surface area contributed by atoms with E-state index in [1.165, 1.54) is 0 Å². The van der Waals surface area contributed by atoms with Gasteiger partial charge in [0, 0.05) is 17.2 Å². The monoisotopic (exact) mass is 244 g/mol. The first kappa shape index (κ1) is 12.9. The Hall–Kier alpha value is -1.14. The SMILES string of the molecule is CC(C)(C)c1snc([O-])c1C[C@@H]([NH3+])C(=O)O. The Bertz CT molecular complexity index is 395. The molecule has 1 rings (SSSR count). The van der Waals surface area contributed by atoms with E-state index in [-0.39, 0.29) is 17.7 Å². The maximum Gasteiger partial charge on any atom is 0.362 e. The van der Waals surface area contributed by atoms with E-state index >= 15 is 0 Å². The second-order valence-corrected chi connectivity index (χ2v) is 5.56. The van der Waals surface area contributed by atoms with E-state index in [4.69, 9.17) is 5.11 Å². The number of aliphatic carboxylic acids is 1. The molecule has 0 bridgehead atoms. The van der Waals surface area contributed by atoms with E-state index in [1.807, 2.05) is 20.8 Å². The van der Waals surface area contributed by atoms with Gasteiger partial charge in [-0.1, -0.05) is 20.8 Å². The summed E-state index contributed by atoms with van der Waals surface area (Å²) >= 11 is 1.15. The third kappa shape index (κ3) is 2.70. The first-order valence-corrected chi connectivity index (χ1v) is 5.72. The van der Waals surface area contributed by atoms with Crippen molar-refractivity contribution >= 4 is 17.5 Å². The normalized spacial score (nSPS) is 13.8. The lowest BCUT2D eigenvalue weighted by atomic mass is 9.90. The number of rotatable bonds is 3. The zero-order valence-corrected chi connectivity index (χ0v) is 10.4. The number of carbonyl (C=O) groups is 1. The van der Waals surface area contributed by atoms with Crippen LogP contribution in [0.1, 0.15) is 31.2 Å². The van der Waals surface area contributed by atoms with E-state index in [1.54, 1.807) is 0 Å². The lowest BCUT2D eigenvalue weighted by Crippen LogP contribution is -2.66. The van der Waals surface area contributed by atoms with Crippen LogP contribution < -0.4 is 10.8 Å². The molecular formula is C10H16N2O3S. The summed E-state index contributed by atoms with van der Waals surface area (Å²) in [5.41, 5.74) is 3.83. The standard InChI is InChI=1S/C10H16N2O3S/c1-10(2,3)7-5(8(13)12-16-7)4-6(11)9(14)15/h6H,4,11H2,1-3H3,(H,12,13)(H,14,15)/t6-/m1/s1. The Kier molecular flexibility index (Phi) is 3.54. The number of aromatic nitrogens is 1. The van der Waals surface area contributed by atoms with Gasteiger partial charge in [0.1, 0.15) is 0 Å². The van der Waals surface area contributed by atoms with Gasteiger partial charge in [-0.2, -0.15) is 0 Å². The van der Waals surface area contributed by atoms with Crippen molar-refractivity contribution in [1.29, 1.82) is 0 Å². The first-order valence-electron chi connectivity index (χ1n) is 4.95. The van der Waals surface area contributed by atoms with Crippen LogP contribution in [-0.4, -0.2) is 21.5 Å². The smallest absolute Gasteiger partial charge is 0.362 e. The summed E-state index contributed by atoms with van der Waals surface area (Å²) in [4.78, 5) is 11.6.